The molecule has 1 aliphatic rings. The summed E-state index contributed by atoms with van der Waals surface area (Å²) in [5.41, 5.74) is 0.417. The van der Waals surface area contributed by atoms with Gasteiger partial charge in [-0.2, -0.15) is 0 Å². The van der Waals surface area contributed by atoms with Crippen molar-refractivity contribution in [3.8, 4) is 11.5 Å². The molecule has 0 unspecified atom stereocenters. The molecule has 160 valence electrons. The summed E-state index contributed by atoms with van der Waals surface area (Å²) in [5.74, 6) is 0.957. The molecule has 0 atom stereocenters. The van der Waals surface area contributed by atoms with Crippen LogP contribution in [0, 0.1) is 10.1 Å². The first-order valence-corrected chi connectivity index (χ1v) is 10.5. The van der Waals surface area contributed by atoms with Crippen LogP contribution in [0.1, 0.15) is 12.0 Å². The van der Waals surface area contributed by atoms with Crippen LogP contribution in [-0.4, -0.2) is 39.0 Å². The number of rotatable bonds is 8. The Balaban J connectivity index is 1.56. The third kappa shape index (κ3) is 5.15. The molecule has 0 aliphatic carbocycles. The molecule has 0 saturated carbocycles. The van der Waals surface area contributed by atoms with Crippen molar-refractivity contribution in [1.82, 2.24) is 5.32 Å². The maximum Gasteiger partial charge on any atom is 0.293 e. The zero-order valence-electron chi connectivity index (χ0n) is 15.8. The highest BCUT2D eigenvalue weighted by molar-refractivity contribution is 7.89. The van der Waals surface area contributed by atoms with Crippen LogP contribution in [-0.2, 0) is 21.4 Å². The molecule has 11 nitrogen and oxygen atoms in total. The lowest BCUT2D eigenvalue weighted by Crippen LogP contribution is -2.26. The lowest BCUT2D eigenvalue weighted by atomic mass is 10.1. The second-order valence-electron chi connectivity index (χ2n) is 6.38. The van der Waals surface area contributed by atoms with Gasteiger partial charge in [-0.3, -0.25) is 14.9 Å². The Morgan fingerprint density at radius 1 is 1.20 bits per heavy atom. The Labute approximate surface area is 172 Å². The molecule has 0 bridgehead atoms. The molecule has 1 amide bonds. The first-order valence-electron chi connectivity index (χ1n) is 8.95. The van der Waals surface area contributed by atoms with Crippen molar-refractivity contribution < 1.29 is 27.6 Å². The maximum atomic E-state index is 12.1. The Hall–Kier alpha value is -3.38. The van der Waals surface area contributed by atoms with Crippen molar-refractivity contribution >= 4 is 27.3 Å². The first kappa shape index (κ1) is 21.3. The highest BCUT2D eigenvalue weighted by atomic mass is 32.2. The molecule has 1 aliphatic heterocycles. The number of benzene rings is 2. The standard InChI is InChI=1S/C18H20N4O7S/c19-30(26,27)13-4-5-14(15(10-13)22(24)25)20-7-6-17(23)21-11-12-2-1-3-16-18(12)29-9-8-28-16/h1-5,10,20H,6-9,11H2,(H,21,23)(H2,19,26,27). The monoisotopic (exact) mass is 436 g/mol. The van der Waals surface area contributed by atoms with Gasteiger partial charge in [-0.1, -0.05) is 12.1 Å². The number of ether oxygens (including phenoxy) is 2. The molecule has 30 heavy (non-hydrogen) atoms. The summed E-state index contributed by atoms with van der Waals surface area (Å²) in [7, 11) is -4.07. The number of para-hydroxylation sites is 1. The molecule has 0 aromatic heterocycles. The quantitative estimate of drug-likeness (QED) is 0.409. The second-order valence-corrected chi connectivity index (χ2v) is 7.94. The predicted molar refractivity (Wildman–Crippen MR) is 107 cm³/mol. The Morgan fingerprint density at radius 3 is 2.70 bits per heavy atom. The largest absolute Gasteiger partial charge is 0.486 e. The number of sulfonamides is 1. The van der Waals surface area contributed by atoms with Crippen LogP contribution < -0.4 is 25.2 Å². The minimum atomic E-state index is -4.07. The van der Waals surface area contributed by atoms with Gasteiger partial charge in [-0.05, 0) is 18.2 Å². The fraction of sp³-hybridized carbons (Fsp3) is 0.278. The van der Waals surface area contributed by atoms with E-state index in [1.165, 1.54) is 6.07 Å². The average Bonchev–Trinajstić information content (AvgIpc) is 2.71. The lowest BCUT2D eigenvalue weighted by Gasteiger charge is -2.21. The minimum absolute atomic E-state index is 0.0421. The highest BCUT2D eigenvalue weighted by Gasteiger charge is 2.19. The topological polar surface area (TPSA) is 163 Å². The maximum absolute atomic E-state index is 12.1. The first-order chi connectivity index (χ1) is 14.3. The summed E-state index contributed by atoms with van der Waals surface area (Å²) >= 11 is 0. The smallest absolute Gasteiger partial charge is 0.293 e. The summed E-state index contributed by atoms with van der Waals surface area (Å²) in [6.07, 6.45) is 0.0421. The molecule has 3 rings (SSSR count). The average molecular weight is 436 g/mol. The van der Waals surface area contributed by atoms with Crippen LogP contribution in [0.25, 0.3) is 0 Å². The normalized spacial score (nSPS) is 12.8. The fourth-order valence-corrected chi connectivity index (χ4v) is 3.39. The van der Waals surface area contributed by atoms with Crippen LogP contribution >= 0.6 is 0 Å². The van der Waals surface area contributed by atoms with Crippen LogP contribution in [0.3, 0.4) is 0 Å². The molecule has 0 saturated heterocycles. The molecule has 12 heteroatoms. The Bertz CT molecular complexity index is 1070. The van der Waals surface area contributed by atoms with Gasteiger partial charge in [0, 0.05) is 31.1 Å². The molecule has 0 radical (unpaired) electrons. The number of nitro benzene ring substituents is 1. The molecular weight excluding hydrogens is 416 g/mol. The van der Waals surface area contributed by atoms with E-state index in [1.807, 2.05) is 6.07 Å². The van der Waals surface area contributed by atoms with Gasteiger partial charge in [0.05, 0.1) is 9.82 Å². The lowest BCUT2D eigenvalue weighted by molar-refractivity contribution is -0.384. The third-order valence-corrected chi connectivity index (χ3v) is 5.20. The number of primary sulfonamides is 1. The van der Waals surface area contributed by atoms with E-state index in [9.17, 15) is 23.3 Å². The number of nitrogens with two attached hydrogens (primary N) is 1. The Kier molecular flexibility index (Phi) is 6.37. The summed E-state index contributed by atoms with van der Waals surface area (Å²) in [6, 6.07) is 8.69. The molecule has 2 aromatic rings. The van der Waals surface area contributed by atoms with E-state index in [-0.39, 0.29) is 36.0 Å². The van der Waals surface area contributed by atoms with E-state index >= 15 is 0 Å². The molecule has 0 spiro atoms. The number of hydrogen-bond acceptors (Lipinski definition) is 8. The number of fused-ring (bicyclic) bond motifs is 1. The Morgan fingerprint density at radius 2 is 1.97 bits per heavy atom. The number of carbonyl (C=O) groups is 1. The SMILES string of the molecule is NS(=O)(=O)c1ccc(NCCC(=O)NCc2cccc3c2OCCO3)c([N+](=O)[O-])c1. The van der Waals surface area contributed by atoms with Gasteiger partial charge in [0.1, 0.15) is 18.9 Å². The van der Waals surface area contributed by atoms with Gasteiger partial charge in [0.2, 0.25) is 15.9 Å². The van der Waals surface area contributed by atoms with Gasteiger partial charge in [0.15, 0.2) is 11.5 Å². The van der Waals surface area contributed by atoms with Crippen molar-refractivity contribution in [3.05, 3.63) is 52.1 Å². The number of hydrogen-bond donors (Lipinski definition) is 3. The number of carbonyl (C=O) groups excluding carboxylic acids is 1. The van der Waals surface area contributed by atoms with Crippen LogP contribution in [0.4, 0.5) is 11.4 Å². The summed E-state index contributed by atoms with van der Waals surface area (Å²) in [4.78, 5) is 22.2. The zero-order valence-corrected chi connectivity index (χ0v) is 16.6. The second kappa shape index (κ2) is 8.97. The van der Waals surface area contributed by atoms with Gasteiger partial charge in [-0.25, -0.2) is 13.6 Å². The van der Waals surface area contributed by atoms with Gasteiger partial charge in [-0.15, -0.1) is 0 Å². The van der Waals surface area contributed by atoms with E-state index in [1.54, 1.807) is 12.1 Å². The van der Waals surface area contributed by atoms with Gasteiger partial charge < -0.3 is 20.1 Å². The zero-order chi connectivity index (χ0) is 21.7. The van der Waals surface area contributed by atoms with Crippen LogP contribution in [0.5, 0.6) is 11.5 Å². The molecule has 1 heterocycles. The summed E-state index contributed by atoms with van der Waals surface area (Å²) in [5, 5.41) is 21.7. The van der Waals surface area contributed by atoms with Crippen molar-refractivity contribution in [3.63, 3.8) is 0 Å². The van der Waals surface area contributed by atoms with Crippen LogP contribution in [0.15, 0.2) is 41.3 Å². The van der Waals surface area contributed by atoms with Crippen molar-refractivity contribution in [1.29, 1.82) is 0 Å². The van der Waals surface area contributed by atoms with Crippen molar-refractivity contribution in [2.45, 2.75) is 17.9 Å². The number of anilines is 1. The molecular formula is C18H20N4O7S. The molecule has 2 aromatic carbocycles. The molecule has 0 fully saturated rings. The van der Waals surface area contributed by atoms with E-state index in [0.29, 0.717) is 24.7 Å². The highest BCUT2D eigenvalue weighted by Crippen LogP contribution is 2.33. The summed E-state index contributed by atoms with van der Waals surface area (Å²) in [6.45, 7) is 1.26. The molecule has 4 N–H and O–H groups in total. The van der Waals surface area contributed by atoms with Gasteiger partial charge in [0.25, 0.3) is 5.69 Å². The van der Waals surface area contributed by atoms with E-state index in [2.05, 4.69) is 10.6 Å². The fourth-order valence-electron chi connectivity index (χ4n) is 2.86. The van der Waals surface area contributed by atoms with E-state index in [0.717, 1.165) is 17.7 Å². The third-order valence-electron chi connectivity index (χ3n) is 4.29. The number of nitrogens with zero attached hydrogens (tertiary/aromatic N) is 1. The number of nitro groups is 1. The van der Waals surface area contributed by atoms with Crippen molar-refractivity contribution in [2.24, 2.45) is 5.14 Å². The summed E-state index contributed by atoms with van der Waals surface area (Å²) < 4.78 is 33.8. The van der Waals surface area contributed by atoms with Crippen LogP contribution in [0.2, 0.25) is 0 Å². The van der Waals surface area contributed by atoms with Crippen molar-refractivity contribution in [2.75, 3.05) is 25.1 Å². The predicted octanol–water partition coefficient (Wildman–Crippen LogP) is 1.13. The van der Waals surface area contributed by atoms with E-state index < -0.39 is 20.6 Å². The minimum Gasteiger partial charge on any atom is -0.486 e. The van der Waals surface area contributed by atoms with Gasteiger partial charge >= 0.3 is 0 Å². The number of nitrogens with one attached hydrogen (secondary N) is 2. The van der Waals surface area contributed by atoms with E-state index in [4.69, 9.17) is 14.6 Å². The number of amides is 1.